The minimum Gasteiger partial charge on any atom is -0.339 e. The second-order valence-electron chi connectivity index (χ2n) is 6.61. The summed E-state index contributed by atoms with van der Waals surface area (Å²) in [6.45, 7) is 1.91. The molecule has 3 aliphatic rings. The fraction of sp³-hybridized carbons (Fsp3) is 0.786. The molecule has 1 unspecified atom stereocenters. The van der Waals surface area contributed by atoms with E-state index in [4.69, 9.17) is 0 Å². The summed E-state index contributed by atoms with van der Waals surface area (Å²) in [5, 5.41) is 2.75. The fourth-order valence-corrected chi connectivity index (χ4v) is 4.66. The van der Waals surface area contributed by atoms with E-state index >= 15 is 0 Å². The molecule has 0 bridgehead atoms. The average molecular weight is 358 g/mol. The molecular weight excluding hydrogens is 336 g/mol. The van der Waals surface area contributed by atoms with Crippen LogP contribution in [0.2, 0.25) is 0 Å². The van der Waals surface area contributed by atoms with E-state index in [0.29, 0.717) is 12.8 Å². The van der Waals surface area contributed by atoms with Crippen molar-refractivity contribution in [1.82, 2.24) is 19.8 Å². The van der Waals surface area contributed by atoms with Gasteiger partial charge >= 0.3 is 6.03 Å². The Bertz CT molecular complexity index is 671. The highest BCUT2D eigenvalue weighted by molar-refractivity contribution is 7.89. The van der Waals surface area contributed by atoms with Gasteiger partial charge in [-0.2, -0.15) is 0 Å². The number of carbonyl (C=O) groups excluding carboxylic acids is 3. The Morgan fingerprint density at radius 1 is 1.21 bits per heavy atom. The first-order valence-corrected chi connectivity index (χ1v) is 9.83. The Morgan fingerprint density at radius 2 is 1.88 bits per heavy atom. The van der Waals surface area contributed by atoms with Crippen molar-refractivity contribution in [2.75, 3.05) is 25.4 Å². The third kappa shape index (κ3) is 2.88. The molecule has 0 aromatic heterocycles. The maximum Gasteiger partial charge on any atom is 0.325 e. The maximum absolute atomic E-state index is 12.7. The molecule has 1 atom stereocenters. The second-order valence-corrected chi connectivity index (χ2v) is 8.54. The van der Waals surface area contributed by atoms with Crippen LogP contribution in [0.25, 0.3) is 0 Å². The van der Waals surface area contributed by atoms with Crippen LogP contribution in [0.3, 0.4) is 0 Å². The van der Waals surface area contributed by atoms with Crippen LogP contribution in [-0.2, 0) is 19.6 Å². The van der Waals surface area contributed by atoms with Gasteiger partial charge in [0.05, 0.1) is 5.75 Å². The molecule has 0 aromatic carbocycles. The minimum atomic E-state index is -3.37. The van der Waals surface area contributed by atoms with Crippen LogP contribution < -0.4 is 10.0 Å². The summed E-state index contributed by atoms with van der Waals surface area (Å²) < 4.78 is 25.5. The minimum absolute atomic E-state index is 0.0489. The Kier molecular flexibility index (Phi) is 4.28. The molecule has 2 N–H and O–H groups in total. The van der Waals surface area contributed by atoms with Crippen molar-refractivity contribution in [3.63, 3.8) is 0 Å². The van der Waals surface area contributed by atoms with Crippen molar-refractivity contribution < 1.29 is 22.8 Å². The van der Waals surface area contributed by atoms with Crippen molar-refractivity contribution >= 4 is 27.9 Å². The van der Waals surface area contributed by atoms with E-state index in [-0.39, 0.29) is 31.3 Å². The number of urea groups is 1. The molecule has 0 radical (unpaired) electrons. The van der Waals surface area contributed by atoms with E-state index in [1.807, 2.05) is 0 Å². The van der Waals surface area contributed by atoms with Gasteiger partial charge in [-0.1, -0.05) is 12.8 Å². The lowest BCUT2D eigenvalue weighted by atomic mass is 9.97. The molecule has 0 aromatic rings. The zero-order valence-corrected chi connectivity index (χ0v) is 14.4. The van der Waals surface area contributed by atoms with Gasteiger partial charge in [-0.05, 0) is 19.8 Å². The molecule has 3 fully saturated rings. The Morgan fingerprint density at radius 3 is 2.54 bits per heavy atom. The lowest BCUT2D eigenvalue weighted by Gasteiger charge is -2.28. The number of nitrogens with one attached hydrogen (secondary N) is 2. The van der Waals surface area contributed by atoms with Crippen molar-refractivity contribution in [2.45, 2.75) is 44.2 Å². The highest BCUT2D eigenvalue weighted by Crippen LogP contribution is 2.35. The van der Waals surface area contributed by atoms with Crippen molar-refractivity contribution in [3.05, 3.63) is 0 Å². The Labute approximate surface area is 140 Å². The number of carbonyl (C=O) groups is 3. The van der Waals surface area contributed by atoms with Gasteiger partial charge in [0.2, 0.25) is 15.9 Å². The van der Waals surface area contributed by atoms with Crippen molar-refractivity contribution in [3.8, 4) is 0 Å². The van der Waals surface area contributed by atoms with Crippen LogP contribution in [0.1, 0.15) is 32.6 Å². The average Bonchev–Trinajstić information content (AvgIpc) is 3.01. The summed E-state index contributed by atoms with van der Waals surface area (Å²) in [4.78, 5) is 40.0. The summed E-state index contributed by atoms with van der Waals surface area (Å²) >= 11 is 0. The second kappa shape index (κ2) is 5.99. The smallest absolute Gasteiger partial charge is 0.325 e. The number of imide groups is 1. The van der Waals surface area contributed by atoms with Crippen LogP contribution in [0.4, 0.5) is 4.79 Å². The summed E-state index contributed by atoms with van der Waals surface area (Å²) in [5.74, 6) is -0.936. The number of hydrogen-bond acceptors (Lipinski definition) is 5. The van der Waals surface area contributed by atoms with Crippen molar-refractivity contribution in [1.29, 1.82) is 0 Å². The molecule has 1 aliphatic carbocycles. The normalized spacial score (nSPS) is 27.2. The molecular formula is C14H22N4O5S. The highest BCUT2D eigenvalue weighted by atomic mass is 32.2. The van der Waals surface area contributed by atoms with Gasteiger partial charge in [-0.15, -0.1) is 0 Å². The number of nitrogens with zero attached hydrogens (tertiary/aromatic N) is 2. The number of rotatable bonds is 2. The number of amides is 4. The largest absolute Gasteiger partial charge is 0.339 e. The first kappa shape index (κ1) is 17.2. The summed E-state index contributed by atoms with van der Waals surface area (Å²) in [6, 6.07) is -1.48. The quantitative estimate of drug-likeness (QED) is 0.614. The topological polar surface area (TPSA) is 116 Å². The van der Waals surface area contributed by atoms with E-state index in [9.17, 15) is 22.8 Å². The van der Waals surface area contributed by atoms with Crippen molar-refractivity contribution in [2.24, 2.45) is 0 Å². The highest BCUT2D eigenvalue weighted by Gasteiger charge is 2.54. The molecule has 10 heteroatoms. The molecule has 2 heterocycles. The fourth-order valence-electron chi connectivity index (χ4n) is 3.66. The molecule has 1 spiro atoms. The van der Waals surface area contributed by atoms with Gasteiger partial charge in [0.25, 0.3) is 5.91 Å². The SMILES string of the molecule is CC(C(=O)N1CCNS(=O)(=O)CC1)N1C(=O)NC2(CCCC2)C1=O. The molecule has 3 rings (SSSR count). The van der Waals surface area contributed by atoms with Crippen LogP contribution in [0, 0.1) is 0 Å². The van der Waals surface area contributed by atoms with Crippen LogP contribution in [0.15, 0.2) is 0 Å². The standard InChI is InChI=1S/C14H22N4O5S/c1-10(11(19)17-7-6-15-24(22,23)9-8-17)18-12(20)14(16-13(18)21)4-2-3-5-14/h10,15H,2-9H2,1H3,(H,16,21). The maximum atomic E-state index is 12.7. The summed E-state index contributed by atoms with van der Waals surface area (Å²) in [7, 11) is -3.37. The van der Waals surface area contributed by atoms with E-state index in [2.05, 4.69) is 10.0 Å². The summed E-state index contributed by atoms with van der Waals surface area (Å²) in [5.41, 5.74) is -0.852. The van der Waals surface area contributed by atoms with Crippen LogP contribution >= 0.6 is 0 Å². The van der Waals surface area contributed by atoms with E-state index in [0.717, 1.165) is 17.7 Å². The molecule has 134 valence electrons. The third-order valence-electron chi connectivity index (χ3n) is 5.04. The van der Waals surface area contributed by atoms with Gasteiger partial charge in [0.15, 0.2) is 0 Å². The molecule has 9 nitrogen and oxygen atoms in total. The first-order chi connectivity index (χ1) is 11.3. The number of hydrogen-bond donors (Lipinski definition) is 2. The zero-order valence-electron chi connectivity index (χ0n) is 13.6. The lowest BCUT2D eigenvalue weighted by Crippen LogP contribution is -2.51. The third-order valence-corrected chi connectivity index (χ3v) is 6.40. The zero-order chi connectivity index (χ0) is 17.5. The Balaban J connectivity index is 1.73. The summed E-state index contributed by atoms with van der Waals surface area (Å²) in [6.07, 6.45) is 2.94. The first-order valence-electron chi connectivity index (χ1n) is 8.18. The Hall–Kier alpha value is -1.68. The predicted molar refractivity (Wildman–Crippen MR) is 84.4 cm³/mol. The molecule has 24 heavy (non-hydrogen) atoms. The molecule has 2 saturated heterocycles. The van der Waals surface area contributed by atoms with Gasteiger partial charge in [-0.3, -0.25) is 9.59 Å². The predicted octanol–water partition coefficient (Wildman–Crippen LogP) is -0.999. The van der Waals surface area contributed by atoms with E-state index < -0.39 is 33.5 Å². The monoisotopic (exact) mass is 358 g/mol. The van der Waals surface area contributed by atoms with Gasteiger partial charge in [0, 0.05) is 19.6 Å². The lowest BCUT2D eigenvalue weighted by molar-refractivity contribution is -0.142. The van der Waals surface area contributed by atoms with E-state index in [1.54, 1.807) is 0 Å². The van der Waals surface area contributed by atoms with Gasteiger partial charge < -0.3 is 10.2 Å². The molecule has 2 aliphatic heterocycles. The van der Waals surface area contributed by atoms with Crippen LogP contribution in [0.5, 0.6) is 0 Å². The number of sulfonamides is 1. The van der Waals surface area contributed by atoms with Crippen LogP contribution in [-0.4, -0.2) is 73.0 Å². The van der Waals surface area contributed by atoms with E-state index in [1.165, 1.54) is 11.8 Å². The van der Waals surface area contributed by atoms with Gasteiger partial charge in [-0.25, -0.2) is 22.8 Å². The van der Waals surface area contributed by atoms with Gasteiger partial charge in [0.1, 0.15) is 11.6 Å². The molecule has 4 amide bonds. The molecule has 1 saturated carbocycles.